The van der Waals surface area contributed by atoms with Crippen molar-refractivity contribution in [2.45, 2.75) is 13.0 Å². The molecule has 2 rings (SSSR count). The van der Waals surface area contributed by atoms with E-state index in [1.807, 2.05) is 18.2 Å². The fraction of sp³-hybridized carbons (Fsp3) is 0.167. The number of fused-ring (bicyclic) bond motifs is 1. The highest BCUT2D eigenvalue weighted by atomic mass is 16.5. The number of ether oxygens (including phenoxy) is 1. The van der Waals surface area contributed by atoms with Crippen molar-refractivity contribution in [3.63, 3.8) is 0 Å². The lowest BCUT2D eigenvalue weighted by atomic mass is 10.2. The van der Waals surface area contributed by atoms with Crippen LogP contribution in [0, 0.1) is 0 Å². The van der Waals surface area contributed by atoms with E-state index in [1.54, 1.807) is 19.1 Å². The Morgan fingerprint density at radius 3 is 2.83 bits per heavy atom. The second-order valence-electron chi connectivity index (χ2n) is 3.83. The number of anilines is 1. The predicted molar refractivity (Wildman–Crippen MR) is 68.8 cm³/mol. The molecule has 1 atom stereocenters. The Labute approximate surface area is 104 Å². The molecule has 1 amide bonds. The van der Waals surface area contributed by atoms with Gasteiger partial charge in [0.05, 0.1) is 0 Å². The van der Waals surface area contributed by atoms with Crippen molar-refractivity contribution in [3.8, 4) is 5.75 Å². The van der Waals surface area contributed by atoms with Crippen LogP contribution in [0.1, 0.15) is 6.92 Å². The van der Waals surface area contributed by atoms with Gasteiger partial charge in [0.15, 0.2) is 6.10 Å². The molecule has 1 aromatic heterocycles. The normalized spacial score (nSPS) is 12.1. The number of aromatic nitrogens is 1. The number of benzene rings is 1. The lowest BCUT2D eigenvalue weighted by molar-refractivity contribution is -0.123. The van der Waals surface area contributed by atoms with E-state index in [2.05, 4.69) is 10.4 Å². The number of hydrazine groups is 1. The number of hydrogen-bond acceptors (Lipinski definition) is 5. The molecule has 0 bridgehead atoms. The zero-order valence-corrected chi connectivity index (χ0v) is 9.88. The number of nitrogen functional groups attached to an aromatic ring is 1. The average Bonchev–Trinajstić information content (AvgIpc) is 2.38. The maximum atomic E-state index is 11.0. The van der Waals surface area contributed by atoms with Crippen LogP contribution in [0.25, 0.3) is 10.9 Å². The van der Waals surface area contributed by atoms with Gasteiger partial charge >= 0.3 is 0 Å². The van der Waals surface area contributed by atoms with Crippen LogP contribution in [-0.4, -0.2) is 17.0 Å². The number of primary amides is 1. The summed E-state index contributed by atoms with van der Waals surface area (Å²) in [5.41, 5.74) is 8.26. The lowest BCUT2D eigenvalue weighted by Gasteiger charge is -2.13. The highest BCUT2D eigenvalue weighted by Gasteiger charge is 2.13. The van der Waals surface area contributed by atoms with E-state index in [-0.39, 0.29) is 0 Å². The van der Waals surface area contributed by atoms with Crippen molar-refractivity contribution in [2.24, 2.45) is 11.6 Å². The Hall–Kier alpha value is -2.34. The zero-order valence-electron chi connectivity index (χ0n) is 9.88. The number of nitrogens with zero attached hydrogens (tertiary/aromatic N) is 1. The molecule has 0 aliphatic heterocycles. The molecule has 1 unspecified atom stereocenters. The summed E-state index contributed by atoms with van der Waals surface area (Å²) in [4.78, 5) is 15.3. The van der Waals surface area contributed by atoms with Crippen LogP contribution in [0.4, 0.5) is 5.82 Å². The number of nitrogens with one attached hydrogen (secondary N) is 1. The van der Waals surface area contributed by atoms with Crippen molar-refractivity contribution in [1.82, 2.24) is 4.98 Å². The van der Waals surface area contributed by atoms with Gasteiger partial charge in [-0.25, -0.2) is 10.8 Å². The number of pyridine rings is 1. The van der Waals surface area contributed by atoms with Crippen LogP contribution in [-0.2, 0) is 4.79 Å². The molecular formula is C12H14N4O2. The van der Waals surface area contributed by atoms with Gasteiger partial charge in [-0.15, -0.1) is 0 Å². The van der Waals surface area contributed by atoms with Crippen molar-refractivity contribution < 1.29 is 9.53 Å². The fourth-order valence-electron chi connectivity index (χ4n) is 1.54. The summed E-state index contributed by atoms with van der Waals surface area (Å²) in [5, 5.41) is 0.892. The predicted octanol–water partition coefficient (Wildman–Crippen LogP) is 0.773. The van der Waals surface area contributed by atoms with Gasteiger partial charge in [-0.2, -0.15) is 0 Å². The molecule has 0 aliphatic carbocycles. The standard InChI is InChI=1S/C12H14N4O2/c1-7(12(13)17)18-9-4-2-3-8-5-6-10(16-14)15-11(8)9/h2-7H,14H2,1H3,(H2,13,17)(H,15,16). The number of carbonyl (C=O) groups excluding carboxylic acids is 1. The summed E-state index contributed by atoms with van der Waals surface area (Å²) in [5.74, 6) is 5.80. The molecule has 0 spiro atoms. The van der Waals surface area contributed by atoms with E-state index in [9.17, 15) is 4.79 Å². The quantitative estimate of drug-likeness (QED) is 0.546. The highest BCUT2D eigenvalue weighted by Crippen LogP contribution is 2.25. The Morgan fingerprint density at radius 1 is 1.39 bits per heavy atom. The van der Waals surface area contributed by atoms with Gasteiger partial charge in [-0.1, -0.05) is 12.1 Å². The van der Waals surface area contributed by atoms with Crippen LogP contribution < -0.4 is 21.7 Å². The third kappa shape index (κ3) is 2.33. The van der Waals surface area contributed by atoms with Crippen LogP contribution in [0.5, 0.6) is 5.75 Å². The first kappa shape index (κ1) is 12.1. The first-order valence-electron chi connectivity index (χ1n) is 5.44. The van der Waals surface area contributed by atoms with Crippen molar-refractivity contribution in [3.05, 3.63) is 30.3 Å². The summed E-state index contributed by atoms with van der Waals surface area (Å²) < 4.78 is 5.48. The number of hydrogen-bond donors (Lipinski definition) is 3. The van der Waals surface area contributed by atoms with Crippen LogP contribution in [0.15, 0.2) is 30.3 Å². The lowest BCUT2D eigenvalue weighted by Crippen LogP contribution is -2.30. The van der Waals surface area contributed by atoms with E-state index in [4.69, 9.17) is 16.3 Å². The second-order valence-corrected chi connectivity index (χ2v) is 3.83. The molecule has 1 heterocycles. The van der Waals surface area contributed by atoms with E-state index >= 15 is 0 Å². The third-order valence-electron chi connectivity index (χ3n) is 2.54. The molecule has 5 N–H and O–H groups in total. The molecular weight excluding hydrogens is 232 g/mol. The molecule has 18 heavy (non-hydrogen) atoms. The van der Waals surface area contributed by atoms with E-state index in [0.717, 1.165) is 5.39 Å². The molecule has 0 fully saturated rings. The first-order valence-corrected chi connectivity index (χ1v) is 5.44. The molecule has 6 nitrogen and oxygen atoms in total. The Balaban J connectivity index is 2.46. The van der Waals surface area contributed by atoms with Crippen LogP contribution in [0.2, 0.25) is 0 Å². The number of rotatable bonds is 4. The summed E-state index contributed by atoms with van der Waals surface area (Å²) >= 11 is 0. The number of carbonyl (C=O) groups is 1. The number of nitrogens with two attached hydrogens (primary N) is 2. The van der Waals surface area contributed by atoms with Gasteiger partial charge in [0, 0.05) is 5.39 Å². The smallest absolute Gasteiger partial charge is 0.258 e. The van der Waals surface area contributed by atoms with Gasteiger partial charge in [0.25, 0.3) is 5.91 Å². The molecule has 94 valence electrons. The van der Waals surface area contributed by atoms with Crippen molar-refractivity contribution >= 4 is 22.6 Å². The van der Waals surface area contributed by atoms with Crippen LogP contribution in [0.3, 0.4) is 0 Å². The van der Waals surface area contributed by atoms with Gasteiger partial charge in [0.1, 0.15) is 17.1 Å². The maximum Gasteiger partial charge on any atom is 0.258 e. The monoisotopic (exact) mass is 246 g/mol. The summed E-state index contributed by atoms with van der Waals surface area (Å²) in [6, 6.07) is 9.06. The average molecular weight is 246 g/mol. The Bertz CT molecular complexity index is 585. The maximum absolute atomic E-state index is 11.0. The van der Waals surface area contributed by atoms with Crippen LogP contribution >= 0.6 is 0 Å². The van der Waals surface area contributed by atoms with Crippen molar-refractivity contribution in [2.75, 3.05) is 5.43 Å². The van der Waals surface area contributed by atoms with Gasteiger partial charge in [-0.3, -0.25) is 4.79 Å². The van der Waals surface area contributed by atoms with Crippen molar-refractivity contribution in [1.29, 1.82) is 0 Å². The summed E-state index contributed by atoms with van der Waals surface area (Å²) in [7, 11) is 0. The molecule has 0 saturated heterocycles. The van der Waals surface area contributed by atoms with E-state index < -0.39 is 12.0 Å². The molecule has 2 aromatic rings. The molecule has 0 aliphatic rings. The molecule has 6 heteroatoms. The summed E-state index contributed by atoms with van der Waals surface area (Å²) in [6.07, 6.45) is -0.716. The first-order chi connectivity index (χ1) is 8.61. The minimum Gasteiger partial charge on any atom is -0.479 e. The number of para-hydroxylation sites is 1. The Morgan fingerprint density at radius 2 is 2.17 bits per heavy atom. The van der Waals surface area contributed by atoms with E-state index in [1.165, 1.54) is 0 Å². The zero-order chi connectivity index (χ0) is 13.1. The largest absolute Gasteiger partial charge is 0.479 e. The summed E-state index contributed by atoms with van der Waals surface area (Å²) in [6.45, 7) is 1.59. The molecule has 0 saturated carbocycles. The minimum absolute atomic E-state index is 0.496. The Kier molecular flexibility index (Phi) is 3.29. The second kappa shape index (κ2) is 4.89. The SMILES string of the molecule is CC(Oc1cccc2ccc(NN)nc12)C(N)=O. The van der Waals surface area contributed by atoms with Gasteiger partial charge < -0.3 is 15.9 Å². The van der Waals surface area contributed by atoms with Gasteiger partial charge in [-0.05, 0) is 25.1 Å². The fourth-order valence-corrected chi connectivity index (χ4v) is 1.54. The minimum atomic E-state index is -0.716. The molecule has 0 radical (unpaired) electrons. The number of amides is 1. The third-order valence-corrected chi connectivity index (χ3v) is 2.54. The van der Waals surface area contributed by atoms with Gasteiger partial charge in [0.2, 0.25) is 0 Å². The van der Waals surface area contributed by atoms with E-state index in [0.29, 0.717) is 17.1 Å². The molecule has 1 aromatic carbocycles. The topological polar surface area (TPSA) is 103 Å². The highest BCUT2D eigenvalue weighted by molar-refractivity contribution is 5.86.